The molecule has 0 aromatic carbocycles. The van der Waals surface area contributed by atoms with E-state index in [2.05, 4.69) is 20.7 Å². The topological polar surface area (TPSA) is 170 Å². The molecule has 33 heavy (non-hydrogen) atoms. The second kappa shape index (κ2) is 10.5. The number of rotatable bonds is 10. The Morgan fingerprint density at radius 2 is 2.06 bits per heavy atom. The number of nitrogens with one attached hydrogen (secondary N) is 3. The molecule has 3 unspecified atom stereocenters. The molecule has 1 fully saturated rings. The lowest BCUT2D eigenvalue weighted by atomic mass is 10.1. The van der Waals surface area contributed by atoms with Crippen molar-refractivity contribution in [1.82, 2.24) is 20.0 Å². The molecule has 188 valence electrons. The molecule has 1 saturated heterocycles. The Bertz CT molecular complexity index is 945. The number of nitrogens with zero attached hydrogens (tertiary/aromatic N) is 2. The van der Waals surface area contributed by atoms with Gasteiger partial charge in [-0.3, -0.25) is 13.9 Å². The fourth-order valence-electron chi connectivity index (χ4n) is 3.15. The number of aromatic nitrogens is 2. The van der Waals surface area contributed by atoms with Crippen molar-refractivity contribution < 1.29 is 32.5 Å². The maximum absolute atomic E-state index is 14.7. The summed E-state index contributed by atoms with van der Waals surface area (Å²) in [4.78, 5) is 27.9. The van der Waals surface area contributed by atoms with Gasteiger partial charge in [0, 0.05) is 19.3 Å². The highest BCUT2D eigenvalue weighted by atomic mass is 31.2. The fourth-order valence-corrected chi connectivity index (χ4v) is 4.40. The van der Waals surface area contributed by atoms with Gasteiger partial charge in [0.1, 0.15) is 11.9 Å². The average molecular weight is 496 g/mol. The van der Waals surface area contributed by atoms with Gasteiger partial charge in [0.15, 0.2) is 6.10 Å². The van der Waals surface area contributed by atoms with Crippen LogP contribution in [0.2, 0.25) is 0 Å². The monoisotopic (exact) mass is 496 g/mol. The largest absolute Gasteiger partial charge is 0.384 e. The molecule has 2 rings (SSSR count). The number of ether oxygens (including phenoxy) is 1. The predicted molar refractivity (Wildman–Crippen MR) is 116 cm³/mol. The van der Waals surface area contributed by atoms with E-state index in [0.29, 0.717) is 4.57 Å². The minimum absolute atomic E-state index is 0.0421. The van der Waals surface area contributed by atoms with Crippen LogP contribution in [-0.4, -0.2) is 64.4 Å². The number of aliphatic hydroxyl groups excluding tert-OH is 1. The fraction of sp³-hybridized carbons (Fsp3) is 0.722. The zero-order valence-corrected chi connectivity index (χ0v) is 19.9. The van der Waals surface area contributed by atoms with Crippen LogP contribution in [-0.2, 0) is 18.6 Å². The third-order valence-corrected chi connectivity index (χ3v) is 6.01. The van der Waals surface area contributed by atoms with Crippen molar-refractivity contribution in [1.29, 1.82) is 0 Å². The van der Waals surface area contributed by atoms with Gasteiger partial charge in [0.25, 0.3) is 0 Å². The lowest BCUT2D eigenvalue weighted by Crippen LogP contribution is -2.46. The Balaban J connectivity index is 2.14. The summed E-state index contributed by atoms with van der Waals surface area (Å²) in [7, 11) is -2.76. The zero-order chi connectivity index (χ0) is 25.1. The van der Waals surface area contributed by atoms with Gasteiger partial charge in [-0.1, -0.05) is 13.8 Å². The van der Waals surface area contributed by atoms with E-state index in [-0.39, 0.29) is 17.8 Å². The van der Waals surface area contributed by atoms with E-state index in [1.165, 1.54) is 13.1 Å². The molecule has 12 nitrogen and oxygen atoms in total. The highest BCUT2D eigenvalue weighted by molar-refractivity contribution is 7.54. The molecule has 0 bridgehead atoms. The maximum Gasteiger partial charge on any atom is 0.351 e. The lowest BCUT2D eigenvalue weighted by molar-refractivity contribution is -0.140. The van der Waals surface area contributed by atoms with E-state index in [0.717, 1.165) is 6.20 Å². The molecule has 1 aromatic rings. The Morgan fingerprint density at radius 1 is 1.42 bits per heavy atom. The summed E-state index contributed by atoms with van der Waals surface area (Å²) in [6.07, 6.45) is -5.15. The molecule has 0 aliphatic carbocycles. The molecule has 0 spiro atoms. The number of anilines is 1. The lowest BCUT2D eigenvalue weighted by Gasteiger charge is -2.25. The summed E-state index contributed by atoms with van der Waals surface area (Å²) in [5.74, 6) is -4.51. The summed E-state index contributed by atoms with van der Waals surface area (Å²) in [5, 5.41) is 17.7. The summed E-state index contributed by atoms with van der Waals surface area (Å²) in [5.41, 5.74) is 4.59. The zero-order valence-electron chi connectivity index (χ0n) is 19.0. The third kappa shape index (κ3) is 6.55. The molecular formula is C18H31F2N6O6P. The van der Waals surface area contributed by atoms with Crippen LogP contribution in [0.4, 0.5) is 14.6 Å². The molecular weight excluding hydrogens is 465 g/mol. The molecule has 1 aliphatic heterocycles. The molecule has 2 heterocycles. The number of carbonyl (C=O) groups excluding carboxylic acids is 1. The van der Waals surface area contributed by atoms with Crippen LogP contribution in [0, 0.1) is 5.92 Å². The molecule has 1 aliphatic rings. The van der Waals surface area contributed by atoms with Crippen LogP contribution in [0.1, 0.15) is 33.9 Å². The smallest absolute Gasteiger partial charge is 0.351 e. The first-order valence-electron chi connectivity index (χ1n) is 10.3. The van der Waals surface area contributed by atoms with Gasteiger partial charge in [-0.2, -0.15) is 13.8 Å². The van der Waals surface area contributed by atoms with E-state index in [1.807, 2.05) is 13.8 Å². The number of nitrogens with two attached hydrogens (primary N) is 1. The van der Waals surface area contributed by atoms with Crippen LogP contribution in [0.25, 0.3) is 0 Å². The quantitative estimate of drug-likeness (QED) is 0.286. The molecule has 1 aromatic heterocycles. The van der Waals surface area contributed by atoms with Crippen LogP contribution in [0.15, 0.2) is 17.1 Å². The Kier molecular flexibility index (Phi) is 8.71. The van der Waals surface area contributed by atoms with E-state index in [1.54, 1.807) is 13.8 Å². The summed E-state index contributed by atoms with van der Waals surface area (Å²) >= 11 is 0. The normalized spacial score (nSPS) is 25.1. The Hall–Kier alpha value is -1.96. The number of aliphatic hydroxyl groups is 1. The highest BCUT2D eigenvalue weighted by Gasteiger charge is 2.60. The second-order valence-corrected chi connectivity index (χ2v) is 10.0. The van der Waals surface area contributed by atoms with Crippen molar-refractivity contribution in [3.63, 3.8) is 0 Å². The Labute approximate surface area is 189 Å². The predicted octanol–water partition coefficient (Wildman–Crippen LogP) is 0.401. The standard InChI is InChI=1S/C18H31F2N6O6P/c1-9(2)13(15(28)22-5)25-33(21,30)31-8-11-14(27)18(19,20)16(32-11)26-7-6-12(23-10(3)4)24-17(26)29/h6-7,9-11,13-14,16,27H,8H2,1-5H3,(H,22,28)(H3,21,25,30)(H,23,24,29)/t11?,13?,14-,16-,33?/m1/s1. The molecule has 1 amide bonds. The average Bonchev–Trinajstić information content (AvgIpc) is 2.93. The van der Waals surface area contributed by atoms with Gasteiger partial charge in [0.05, 0.1) is 12.6 Å². The second-order valence-electron chi connectivity index (χ2n) is 8.31. The highest BCUT2D eigenvalue weighted by Crippen LogP contribution is 2.44. The van der Waals surface area contributed by atoms with Crippen molar-refractivity contribution in [3.05, 3.63) is 22.7 Å². The number of halogens is 2. The van der Waals surface area contributed by atoms with Crippen molar-refractivity contribution >= 4 is 19.4 Å². The van der Waals surface area contributed by atoms with Gasteiger partial charge in [-0.25, -0.2) is 15.4 Å². The Morgan fingerprint density at radius 3 is 2.58 bits per heavy atom. The molecule has 6 N–H and O–H groups in total. The SMILES string of the molecule is CNC(=O)C(NP(N)(=O)OCC1O[C@@H](n2ccc(NC(C)C)nc2=O)C(F)(F)[C@@H]1O)C(C)C. The van der Waals surface area contributed by atoms with Gasteiger partial charge in [-0.05, 0) is 25.8 Å². The van der Waals surface area contributed by atoms with Crippen molar-refractivity contribution in [3.8, 4) is 0 Å². The summed E-state index contributed by atoms with van der Waals surface area (Å²) in [6.45, 7) is 6.18. The van der Waals surface area contributed by atoms with Gasteiger partial charge < -0.3 is 25.0 Å². The number of hydrogen-bond acceptors (Lipinski definition) is 8. The van der Waals surface area contributed by atoms with Crippen molar-refractivity contribution in [2.75, 3.05) is 19.0 Å². The van der Waals surface area contributed by atoms with E-state index >= 15 is 0 Å². The van der Waals surface area contributed by atoms with E-state index in [9.17, 15) is 28.0 Å². The van der Waals surface area contributed by atoms with E-state index < -0.39 is 56.3 Å². The van der Waals surface area contributed by atoms with E-state index in [4.69, 9.17) is 14.8 Å². The van der Waals surface area contributed by atoms with Gasteiger partial charge >= 0.3 is 19.3 Å². The van der Waals surface area contributed by atoms with Crippen LogP contribution < -0.4 is 26.9 Å². The minimum Gasteiger partial charge on any atom is -0.384 e. The van der Waals surface area contributed by atoms with Gasteiger partial charge in [-0.15, -0.1) is 0 Å². The van der Waals surface area contributed by atoms with Crippen molar-refractivity contribution in [2.24, 2.45) is 11.4 Å². The summed E-state index contributed by atoms with van der Waals surface area (Å²) < 4.78 is 52.8. The molecule has 0 saturated carbocycles. The van der Waals surface area contributed by atoms with Gasteiger partial charge in [0.2, 0.25) is 12.1 Å². The first-order valence-corrected chi connectivity index (χ1v) is 12.0. The first-order chi connectivity index (χ1) is 15.2. The maximum atomic E-state index is 14.7. The van der Waals surface area contributed by atoms with Crippen LogP contribution in [0.5, 0.6) is 0 Å². The first kappa shape index (κ1) is 27.3. The number of alkyl halides is 2. The summed E-state index contributed by atoms with van der Waals surface area (Å²) in [6, 6.07) is 0.302. The van der Waals surface area contributed by atoms with Crippen LogP contribution in [0.3, 0.4) is 0 Å². The minimum atomic E-state index is -4.15. The van der Waals surface area contributed by atoms with Crippen molar-refractivity contribution in [2.45, 2.75) is 64.1 Å². The molecule has 5 atom stereocenters. The van der Waals surface area contributed by atoms with Crippen LogP contribution >= 0.6 is 7.67 Å². The molecule has 0 radical (unpaired) electrons. The number of carbonyl (C=O) groups is 1. The number of likely N-dealkylation sites (N-methyl/N-ethyl adjacent to an activating group) is 1. The third-order valence-electron chi connectivity index (χ3n) is 4.84. The number of amides is 1. The number of hydrogen-bond donors (Lipinski definition) is 5. The molecule has 15 heteroatoms.